The number of fused-ring (bicyclic) bond motifs is 4. The van der Waals surface area contributed by atoms with Crippen LogP contribution in [0.4, 0.5) is 0 Å². The predicted molar refractivity (Wildman–Crippen MR) is 312 cm³/mol. The normalized spacial score (nSPS) is 10.0. The Labute approximate surface area is 420 Å². The maximum Gasteiger partial charge on any atom is 0.0701 e. The molecule has 0 bridgehead atoms. The highest BCUT2D eigenvalue weighted by atomic mass is 14.6. The number of aromatic nitrogens is 2. The number of benzene rings is 7. The van der Waals surface area contributed by atoms with Gasteiger partial charge in [0.25, 0.3) is 0 Å². The van der Waals surface area contributed by atoms with E-state index >= 15 is 0 Å². The van der Waals surface area contributed by atoms with Gasteiger partial charge < -0.3 is 0 Å². The van der Waals surface area contributed by atoms with Crippen LogP contribution in [0.2, 0.25) is 0 Å². The summed E-state index contributed by atoms with van der Waals surface area (Å²) in [5, 5.41) is 6.27. The Kier molecular flexibility index (Phi) is 33.5. The molecule has 10 rings (SSSR count). The maximum absolute atomic E-state index is 4.18. The topological polar surface area (TPSA) is 25.8 Å². The standard InChI is InChI=1S/C12H10.C10H8.2C9H7N.C9H8.4C4H10.C2H6/c1-3-7-11(8-4-1)12-9-5-2-6-10-12;1-2-6-10-8-4-3-7-9(10)5-1;1-2-6-9-8(4-1)5-3-7-10-9;1-2-4-9-7-10-6-5-8(9)3-1;1-2-5-9-7-3-6-8(9)4-1;4*1-4(2)3;1-2/h1-10H;1-8H;2*1-7H;1-6H,7H2;4*4H,1-3H3;1-2H3. The molecule has 0 atom stereocenters. The molecule has 0 amide bonds. The molecule has 1 aliphatic carbocycles. The zero-order chi connectivity index (χ0) is 51.1. The van der Waals surface area contributed by atoms with Crippen LogP contribution in [0.3, 0.4) is 0 Å². The van der Waals surface area contributed by atoms with E-state index in [1.54, 1.807) is 0 Å². The summed E-state index contributed by atoms with van der Waals surface area (Å²) in [7, 11) is 0. The van der Waals surface area contributed by atoms with Crippen LogP contribution >= 0.6 is 0 Å². The molecule has 1 aliphatic rings. The molecule has 9 aromatic rings. The molecule has 0 fully saturated rings. The van der Waals surface area contributed by atoms with Crippen molar-refractivity contribution in [1.29, 1.82) is 0 Å². The third-order valence-corrected chi connectivity index (χ3v) is 8.29. The van der Waals surface area contributed by atoms with E-state index in [0.717, 1.165) is 35.6 Å². The molecule has 2 nitrogen and oxygen atoms in total. The minimum Gasteiger partial charge on any atom is -0.264 e. The first kappa shape index (κ1) is 60.4. The summed E-state index contributed by atoms with van der Waals surface area (Å²) in [6.07, 6.45) is 11.0. The van der Waals surface area contributed by atoms with Crippen molar-refractivity contribution in [3.05, 3.63) is 236 Å². The number of hydrogen-bond donors (Lipinski definition) is 0. The molecule has 7 aromatic carbocycles. The van der Waals surface area contributed by atoms with Crippen molar-refractivity contribution in [1.82, 2.24) is 9.97 Å². The van der Waals surface area contributed by atoms with Gasteiger partial charge >= 0.3 is 0 Å². The third-order valence-electron chi connectivity index (χ3n) is 8.29. The Bertz CT molecular complexity index is 2170. The van der Waals surface area contributed by atoms with Gasteiger partial charge in [0.2, 0.25) is 0 Å². The fraction of sp³-hybridized carbons (Fsp3) is 0.284. The van der Waals surface area contributed by atoms with Gasteiger partial charge in [-0.1, -0.05) is 291 Å². The van der Waals surface area contributed by atoms with E-state index in [1.807, 2.05) is 87.0 Å². The zero-order valence-corrected chi connectivity index (χ0v) is 44.9. The van der Waals surface area contributed by atoms with Crippen molar-refractivity contribution in [2.75, 3.05) is 0 Å². The van der Waals surface area contributed by atoms with Gasteiger partial charge in [0.15, 0.2) is 0 Å². The Balaban J connectivity index is 0.000000398. The van der Waals surface area contributed by atoms with E-state index in [2.05, 4.69) is 251 Å². The van der Waals surface area contributed by atoms with E-state index in [1.165, 1.54) is 49.2 Å². The molecular weight excluding hydrogens is 833 g/mol. The first-order valence-corrected chi connectivity index (χ1v) is 25.1. The minimum atomic E-state index is 0.833. The van der Waals surface area contributed by atoms with E-state index in [4.69, 9.17) is 0 Å². The Morgan fingerprint density at radius 2 is 0.681 bits per heavy atom. The molecule has 0 saturated carbocycles. The van der Waals surface area contributed by atoms with Crippen LogP contribution in [0.5, 0.6) is 0 Å². The quantitative estimate of drug-likeness (QED) is 0.164. The summed E-state index contributed by atoms with van der Waals surface area (Å²) in [6, 6.07) is 68.3. The predicted octanol–water partition coefficient (Wildman–Crippen LogP) is 20.6. The van der Waals surface area contributed by atoms with E-state index in [0.29, 0.717) is 0 Å². The number of rotatable bonds is 1. The van der Waals surface area contributed by atoms with Gasteiger partial charge in [-0.15, -0.1) is 0 Å². The van der Waals surface area contributed by atoms with Crippen molar-refractivity contribution in [3.63, 3.8) is 0 Å². The minimum absolute atomic E-state index is 0.833. The van der Waals surface area contributed by atoms with Crippen molar-refractivity contribution >= 4 is 38.5 Å². The third kappa shape index (κ3) is 30.4. The lowest BCUT2D eigenvalue weighted by Gasteiger charge is -1.98. The lowest BCUT2D eigenvalue weighted by molar-refractivity contribution is 0.736. The van der Waals surface area contributed by atoms with Crippen LogP contribution in [0.1, 0.15) is 108 Å². The van der Waals surface area contributed by atoms with E-state index in [9.17, 15) is 0 Å². The van der Waals surface area contributed by atoms with Crippen molar-refractivity contribution in [2.45, 2.75) is 103 Å². The Morgan fingerprint density at radius 1 is 0.333 bits per heavy atom. The van der Waals surface area contributed by atoms with Gasteiger partial charge in [-0.2, -0.15) is 0 Å². The highest BCUT2D eigenvalue weighted by molar-refractivity contribution is 5.82. The summed E-state index contributed by atoms with van der Waals surface area (Å²) in [6.45, 7) is 30.0. The number of hydrogen-bond acceptors (Lipinski definition) is 2. The second kappa shape index (κ2) is 38.3. The summed E-state index contributed by atoms with van der Waals surface area (Å²) in [5.74, 6) is 3.33. The van der Waals surface area contributed by atoms with Gasteiger partial charge in [-0.05, 0) is 92.1 Å². The van der Waals surface area contributed by atoms with Crippen LogP contribution in [0, 0.1) is 23.7 Å². The highest BCUT2D eigenvalue weighted by Crippen LogP contribution is 2.18. The lowest BCUT2D eigenvalue weighted by atomic mass is 10.1. The van der Waals surface area contributed by atoms with Crippen LogP contribution in [-0.2, 0) is 6.42 Å². The average molecular weight is 919 g/mol. The van der Waals surface area contributed by atoms with Crippen molar-refractivity contribution < 1.29 is 0 Å². The number of pyridine rings is 2. The van der Waals surface area contributed by atoms with Crippen LogP contribution in [0.15, 0.2) is 225 Å². The number of allylic oxidation sites excluding steroid dienone is 1. The summed E-state index contributed by atoms with van der Waals surface area (Å²) in [4.78, 5) is 8.19. The maximum atomic E-state index is 4.18. The Morgan fingerprint density at radius 3 is 1.10 bits per heavy atom. The van der Waals surface area contributed by atoms with Gasteiger partial charge in [0.1, 0.15) is 0 Å². The van der Waals surface area contributed by atoms with Crippen LogP contribution in [0.25, 0.3) is 49.7 Å². The molecule has 0 spiro atoms. The first-order valence-electron chi connectivity index (χ1n) is 25.1. The fourth-order valence-electron chi connectivity index (χ4n) is 5.63. The van der Waals surface area contributed by atoms with Gasteiger partial charge in [0.05, 0.1) is 5.52 Å². The van der Waals surface area contributed by atoms with Gasteiger partial charge in [-0.25, -0.2) is 0 Å². The summed E-state index contributed by atoms with van der Waals surface area (Å²) in [5.41, 5.74) is 6.45. The van der Waals surface area contributed by atoms with Gasteiger partial charge in [0, 0.05) is 24.0 Å². The van der Waals surface area contributed by atoms with Gasteiger partial charge in [-0.3, -0.25) is 9.97 Å². The first-order chi connectivity index (χ1) is 33.3. The van der Waals surface area contributed by atoms with E-state index in [-0.39, 0.29) is 0 Å². The largest absolute Gasteiger partial charge is 0.264 e. The van der Waals surface area contributed by atoms with Crippen LogP contribution in [-0.4, -0.2) is 9.97 Å². The molecule has 2 heteroatoms. The molecule has 0 radical (unpaired) electrons. The molecule has 364 valence electrons. The molecule has 0 unspecified atom stereocenters. The fourth-order valence-corrected chi connectivity index (χ4v) is 5.63. The number of para-hydroxylation sites is 1. The number of nitrogens with zero attached hydrogens (tertiary/aromatic N) is 2. The summed E-state index contributed by atoms with van der Waals surface area (Å²) >= 11 is 0. The molecular formula is C67H86N2. The molecule has 2 aromatic heterocycles. The average Bonchev–Trinajstić information content (AvgIpc) is 3.85. The molecule has 0 saturated heterocycles. The van der Waals surface area contributed by atoms with E-state index < -0.39 is 0 Å². The highest BCUT2D eigenvalue weighted by Gasteiger charge is 2.00. The Hall–Kier alpha value is -6.64. The van der Waals surface area contributed by atoms with Crippen molar-refractivity contribution in [3.8, 4) is 11.1 Å². The SMILES string of the molecule is C1=Cc2ccccc2C1.CC.CC(C)C.CC(C)C.CC(C)C.CC(C)C.c1ccc(-c2ccccc2)cc1.c1ccc2ccccc2c1.c1ccc2cnccc2c1.c1ccc2ncccc2c1. The lowest BCUT2D eigenvalue weighted by Crippen LogP contribution is -1.76. The molecule has 0 N–H and O–H groups in total. The monoisotopic (exact) mass is 919 g/mol. The molecule has 0 aliphatic heterocycles. The molecule has 69 heavy (non-hydrogen) atoms. The smallest absolute Gasteiger partial charge is 0.0701 e. The zero-order valence-electron chi connectivity index (χ0n) is 44.9. The van der Waals surface area contributed by atoms with Crippen molar-refractivity contribution in [2.24, 2.45) is 23.7 Å². The molecule has 2 heterocycles. The summed E-state index contributed by atoms with van der Waals surface area (Å²) < 4.78 is 0. The van der Waals surface area contributed by atoms with Crippen LogP contribution < -0.4 is 0 Å². The second-order valence-electron chi connectivity index (χ2n) is 18.7. The second-order valence-corrected chi connectivity index (χ2v) is 18.7.